The van der Waals surface area contributed by atoms with E-state index in [-0.39, 0.29) is 23.2 Å². The van der Waals surface area contributed by atoms with Gasteiger partial charge in [0.25, 0.3) is 0 Å². The van der Waals surface area contributed by atoms with Crippen LogP contribution in [0.15, 0.2) is 35.2 Å². The van der Waals surface area contributed by atoms with Gasteiger partial charge in [-0.1, -0.05) is 26.3 Å². The zero-order valence-electron chi connectivity index (χ0n) is 14.3. The van der Waals surface area contributed by atoms with Gasteiger partial charge in [-0.15, -0.1) is 0 Å². The third kappa shape index (κ3) is 3.44. The summed E-state index contributed by atoms with van der Waals surface area (Å²) in [5.74, 6) is -0.669. The smallest absolute Gasteiger partial charge is 0.419 e. The van der Waals surface area contributed by atoms with Gasteiger partial charge in [-0.05, 0) is 33.3 Å². The van der Waals surface area contributed by atoms with E-state index in [1.807, 2.05) is 13.8 Å². The first-order valence-corrected chi connectivity index (χ1v) is 7.90. The van der Waals surface area contributed by atoms with Gasteiger partial charge in [0.2, 0.25) is 5.78 Å². The predicted octanol–water partition coefficient (Wildman–Crippen LogP) is 3.52. The van der Waals surface area contributed by atoms with Crippen LogP contribution in [0.4, 0.5) is 4.79 Å². The number of Topliss-reactive ketones (excluding diaryl/α,β-unsaturated/α-hetero) is 1. The molecule has 1 unspecified atom stereocenters. The monoisotopic (exact) mass is 317 g/mol. The Labute approximate surface area is 136 Å². The minimum atomic E-state index is -0.681. The van der Waals surface area contributed by atoms with Crippen LogP contribution in [0.2, 0.25) is 0 Å². The van der Waals surface area contributed by atoms with Crippen molar-refractivity contribution < 1.29 is 19.1 Å². The van der Waals surface area contributed by atoms with Crippen LogP contribution >= 0.6 is 0 Å². The lowest BCUT2D eigenvalue weighted by molar-refractivity contribution is -0.117. The summed E-state index contributed by atoms with van der Waals surface area (Å²) >= 11 is 0. The van der Waals surface area contributed by atoms with E-state index in [4.69, 9.17) is 4.74 Å². The highest BCUT2D eigenvalue weighted by molar-refractivity contribution is 6.23. The molecule has 1 aliphatic carbocycles. The van der Waals surface area contributed by atoms with E-state index in [0.717, 1.165) is 11.3 Å². The molecule has 0 saturated heterocycles. The van der Waals surface area contributed by atoms with Crippen molar-refractivity contribution in [3.63, 3.8) is 0 Å². The number of allylic oxidation sites excluding steroid dienone is 4. The maximum atomic E-state index is 12.7. The molecule has 0 bridgehead atoms. The third-order valence-corrected chi connectivity index (χ3v) is 3.66. The Bertz CT molecular complexity index is 646. The standard InChI is InChI=1S/C18H23NO4/c1-6-7-12-10-13(20)15-14(16(12)21)11(2)8-9-19(15)17(22)23-18(3,4)5/h8-11H,6-7H2,1-5H3. The fraction of sp³-hybridized carbons (Fsp3) is 0.500. The molecule has 0 radical (unpaired) electrons. The molecule has 1 heterocycles. The maximum Gasteiger partial charge on any atom is 0.419 e. The lowest BCUT2D eigenvalue weighted by Gasteiger charge is -2.32. The number of carbonyl (C=O) groups is 3. The molecule has 0 aromatic heterocycles. The van der Waals surface area contributed by atoms with Gasteiger partial charge in [0.1, 0.15) is 11.3 Å². The van der Waals surface area contributed by atoms with E-state index in [2.05, 4.69) is 0 Å². The summed E-state index contributed by atoms with van der Waals surface area (Å²) in [5.41, 5.74) is 0.343. The zero-order chi connectivity index (χ0) is 17.4. The minimum absolute atomic E-state index is 0.124. The first kappa shape index (κ1) is 17.2. The highest BCUT2D eigenvalue weighted by Crippen LogP contribution is 2.34. The number of ketones is 2. The number of nitrogens with zero attached hydrogens (tertiary/aromatic N) is 1. The molecule has 0 N–H and O–H groups in total. The van der Waals surface area contributed by atoms with Crippen LogP contribution in [0.1, 0.15) is 47.5 Å². The second kappa shape index (κ2) is 6.14. The van der Waals surface area contributed by atoms with Gasteiger partial charge >= 0.3 is 6.09 Å². The minimum Gasteiger partial charge on any atom is -0.443 e. The Balaban J connectivity index is 2.41. The molecule has 124 valence electrons. The maximum absolute atomic E-state index is 12.7. The van der Waals surface area contributed by atoms with E-state index >= 15 is 0 Å². The summed E-state index contributed by atoms with van der Waals surface area (Å²) in [7, 11) is 0. The molecule has 1 aliphatic heterocycles. The third-order valence-electron chi connectivity index (χ3n) is 3.66. The molecule has 1 atom stereocenters. The van der Waals surface area contributed by atoms with Gasteiger partial charge in [-0.2, -0.15) is 0 Å². The number of hydrogen-bond acceptors (Lipinski definition) is 4. The van der Waals surface area contributed by atoms with E-state index in [0.29, 0.717) is 17.6 Å². The second-order valence-electron chi connectivity index (χ2n) is 6.86. The average molecular weight is 317 g/mol. The summed E-state index contributed by atoms with van der Waals surface area (Å²) < 4.78 is 5.34. The predicted molar refractivity (Wildman–Crippen MR) is 86.4 cm³/mol. The molecule has 5 nitrogen and oxygen atoms in total. The van der Waals surface area contributed by atoms with E-state index < -0.39 is 11.7 Å². The van der Waals surface area contributed by atoms with Gasteiger partial charge in [0.05, 0.1) is 0 Å². The summed E-state index contributed by atoms with van der Waals surface area (Å²) in [6.45, 7) is 9.06. The Hall–Kier alpha value is -2.17. The molecule has 5 heteroatoms. The summed E-state index contributed by atoms with van der Waals surface area (Å²) in [5, 5.41) is 0. The molecule has 0 saturated carbocycles. The highest BCUT2D eigenvalue weighted by Gasteiger charge is 2.38. The van der Waals surface area contributed by atoms with Crippen LogP contribution in [0.3, 0.4) is 0 Å². The summed E-state index contributed by atoms with van der Waals surface area (Å²) in [4.78, 5) is 38.7. The number of amides is 1. The van der Waals surface area contributed by atoms with Gasteiger partial charge in [-0.3, -0.25) is 9.59 Å². The molecule has 0 aromatic rings. The molecular weight excluding hydrogens is 294 g/mol. The Kier molecular flexibility index (Phi) is 4.59. The van der Waals surface area contributed by atoms with E-state index in [1.165, 1.54) is 12.3 Å². The quantitative estimate of drug-likeness (QED) is 0.731. The van der Waals surface area contributed by atoms with E-state index in [1.54, 1.807) is 26.8 Å². The first-order valence-electron chi connectivity index (χ1n) is 7.90. The fourth-order valence-electron chi connectivity index (χ4n) is 2.68. The Morgan fingerprint density at radius 2 is 1.96 bits per heavy atom. The van der Waals surface area contributed by atoms with Gasteiger partial charge in [0, 0.05) is 23.3 Å². The Morgan fingerprint density at radius 3 is 2.52 bits per heavy atom. The SMILES string of the molecule is CCCC1=CC(=O)C2=C(C1=O)C(C)C=CN2C(=O)OC(C)(C)C. The molecule has 2 aliphatic rings. The van der Waals surface area contributed by atoms with Crippen molar-refractivity contribution >= 4 is 17.7 Å². The van der Waals surface area contributed by atoms with Crippen LogP contribution in [0, 0.1) is 5.92 Å². The van der Waals surface area contributed by atoms with Gasteiger partial charge in [0.15, 0.2) is 5.78 Å². The molecule has 0 spiro atoms. The molecule has 0 fully saturated rings. The zero-order valence-corrected chi connectivity index (χ0v) is 14.3. The number of ether oxygens (including phenoxy) is 1. The van der Waals surface area contributed by atoms with Crippen LogP contribution in [0.5, 0.6) is 0 Å². The Morgan fingerprint density at radius 1 is 1.30 bits per heavy atom. The average Bonchev–Trinajstić information content (AvgIpc) is 2.42. The molecule has 23 heavy (non-hydrogen) atoms. The summed E-state index contributed by atoms with van der Waals surface area (Å²) in [6, 6.07) is 0. The normalized spacial score (nSPS) is 21.3. The first-order chi connectivity index (χ1) is 10.7. The van der Waals surface area contributed by atoms with Crippen molar-refractivity contribution in [1.29, 1.82) is 0 Å². The van der Waals surface area contributed by atoms with Crippen LogP contribution in [-0.2, 0) is 14.3 Å². The van der Waals surface area contributed by atoms with Crippen molar-refractivity contribution in [1.82, 2.24) is 4.90 Å². The lowest BCUT2D eigenvalue weighted by Crippen LogP contribution is -2.40. The topological polar surface area (TPSA) is 63.7 Å². The molecule has 1 amide bonds. The number of rotatable bonds is 2. The van der Waals surface area contributed by atoms with Crippen molar-refractivity contribution in [2.45, 2.75) is 53.1 Å². The van der Waals surface area contributed by atoms with E-state index in [9.17, 15) is 14.4 Å². The van der Waals surface area contributed by atoms with Gasteiger partial charge in [-0.25, -0.2) is 9.69 Å². The fourth-order valence-corrected chi connectivity index (χ4v) is 2.68. The van der Waals surface area contributed by atoms with Crippen molar-refractivity contribution in [3.8, 4) is 0 Å². The molecule has 2 rings (SSSR count). The molecule has 0 aromatic carbocycles. The second-order valence-corrected chi connectivity index (χ2v) is 6.86. The van der Waals surface area contributed by atoms with Crippen molar-refractivity contribution in [3.05, 3.63) is 35.2 Å². The van der Waals surface area contributed by atoms with Crippen molar-refractivity contribution in [2.75, 3.05) is 0 Å². The highest BCUT2D eigenvalue weighted by atomic mass is 16.6. The largest absolute Gasteiger partial charge is 0.443 e. The van der Waals surface area contributed by atoms with Crippen LogP contribution in [-0.4, -0.2) is 28.2 Å². The number of hydrogen-bond donors (Lipinski definition) is 0. The lowest BCUT2D eigenvalue weighted by atomic mass is 9.82. The van der Waals surface area contributed by atoms with Crippen molar-refractivity contribution in [2.24, 2.45) is 5.92 Å². The van der Waals surface area contributed by atoms with Gasteiger partial charge < -0.3 is 4.74 Å². The van der Waals surface area contributed by atoms with Crippen LogP contribution in [0.25, 0.3) is 0 Å². The molecular formula is C18H23NO4. The summed E-state index contributed by atoms with van der Waals surface area (Å²) in [6.07, 6.45) is 5.30. The number of carbonyl (C=O) groups excluding carboxylic acids is 3. The van der Waals surface area contributed by atoms with Crippen LogP contribution < -0.4 is 0 Å².